The number of nitrogens with one attached hydrogen (secondary N) is 1. The molecule has 90 valence electrons. The summed E-state index contributed by atoms with van der Waals surface area (Å²) < 4.78 is 6.23. The monoisotopic (exact) mass is 286 g/mol. The third-order valence-corrected chi connectivity index (χ3v) is 2.68. The molecular weight excluding hydrogens is 268 g/mol. The Morgan fingerprint density at radius 3 is 2.69 bits per heavy atom. The van der Waals surface area contributed by atoms with Crippen molar-refractivity contribution >= 4 is 21.6 Å². The summed E-state index contributed by atoms with van der Waals surface area (Å²) in [6.07, 6.45) is 1.13. The van der Waals surface area contributed by atoms with E-state index in [0.717, 1.165) is 35.4 Å². The molecule has 0 heterocycles. The smallest absolute Gasteiger partial charge is 0.122 e. The first-order valence-electron chi connectivity index (χ1n) is 5.35. The molecule has 1 aromatic rings. The highest BCUT2D eigenvalue weighted by Gasteiger charge is 1.99. The second kappa shape index (κ2) is 6.76. The lowest BCUT2D eigenvalue weighted by Gasteiger charge is -2.11. The Morgan fingerprint density at radius 1 is 1.31 bits per heavy atom. The van der Waals surface area contributed by atoms with E-state index in [9.17, 15) is 0 Å². The Kier molecular flexibility index (Phi) is 5.63. The van der Waals surface area contributed by atoms with E-state index in [1.807, 2.05) is 12.1 Å². The summed E-state index contributed by atoms with van der Waals surface area (Å²) in [7, 11) is 5.85. The summed E-state index contributed by atoms with van der Waals surface area (Å²) in [4.78, 5) is 2.18. The maximum Gasteiger partial charge on any atom is 0.122 e. The number of hydrogen-bond acceptors (Lipinski definition) is 3. The van der Waals surface area contributed by atoms with Crippen LogP contribution in [0.2, 0.25) is 0 Å². The van der Waals surface area contributed by atoms with E-state index < -0.39 is 0 Å². The van der Waals surface area contributed by atoms with Crippen LogP contribution in [0.4, 0.5) is 5.69 Å². The van der Waals surface area contributed by atoms with Crippen molar-refractivity contribution in [2.45, 2.75) is 6.42 Å². The summed E-state index contributed by atoms with van der Waals surface area (Å²) in [5.74, 6) is 0.865. The molecule has 1 N–H and O–H groups in total. The first-order chi connectivity index (χ1) is 7.61. The van der Waals surface area contributed by atoms with Gasteiger partial charge in [-0.05, 0) is 39.2 Å². The topological polar surface area (TPSA) is 24.5 Å². The molecule has 0 amide bonds. The molecule has 0 aromatic heterocycles. The fourth-order valence-electron chi connectivity index (χ4n) is 1.41. The maximum absolute atomic E-state index is 5.20. The van der Waals surface area contributed by atoms with Gasteiger partial charge in [0.2, 0.25) is 0 Å². The van der Waals surface area contributed by atoms with Crippen LogP contribution in [-0.4, -0.2) is 39.2 Å². The van der Waals surface area contributed by atoms with Gasteiger partial charge in [-0.15, -0.1) is 0 Å². The molecule has 0 aliphatic carbocycles. The molecule has 0 aliphatic heterocycles. The van der Waals surface area contributed by atoms with Crippen LogP contribution in [0.5, 0.6) is 5.75 Å². The van der Waals surface area contributed by atoms with Gasteiger partial charge >= 0.3 is 0 Å². The van der Waals surface area contributed by atoms with Crippen LogP contribution in [0.1, 0.15) is 6.42 Å². The molecule has 3 nitrogen and oxygen atoms in total. The van der Waals surface area contributed by atoms with Crippen LogP contribution < -0.4 is 10.1 Å². The number of anilines is 1. The zero-order valence-electron chi connectivity index (χ0n) is 10.1. The summed E-state index contributed by atoms with van der Waals surface area (Å²) in [6, 6.07) is 6.00. The van der Waals surface area contributed by atoms with E-state index in [1.165, 1.54) is 0 Å². The second-order valence-corrected chi connectivity index (χ2v) is 4.88. The standard InChI is InChI=1S/C12H19BrN2O/c1-15(2)6-4-5-14-11-7-10(13)8-12(9-11)16-3/h7-9,14H,4-6H2,1-3H3. The van der Waals surface area contributed by atoms with E-state index in [1.54, 1.807) is 7.11 Å². The van der Waals surface area contributed by atoms with Crippen LogP contribution in [0.3, 0.4) is 0 Å². The SMILES string of the molecule is COc1cc(Br)cc(NCCCN(C)C)c1. The largest absolute Gasteiger partial charge is 0.497 e. The van der Waals surface area contributed by atoms with Gasteiger partial charge in [-0.3, -0.25) is 0 Å². The number of hydrogen-bond donors (Lipinski definition) is 1. The molecule has 0 aliphatic rings. The van der Waals surface area contributed by atoms with Gasteiger partial charge < -0.3 is 15.0 Å². The quantitative estimate of drug-likeness (QED) is 0.814. The highest BCUT2D eigenvalue weighted by molar-refractivity contribution is 9.10. The Balaban J connectivity index is 2.44. The van der Waals surface area contributed by atoms with Gasteiger partial charge in [0.25, 0.3) is 0 Å². The maximum atomic E-state index is 5.20. The van der Waals surface area contributed by atoms with Gasteiger partial charge in [0.05, 0.1) is 7.11 Å². The van der Waals surface area contributed by atoms with Crippen LogP contribution in [-0.2, 0) is 0 Å². The second-order valence-electron chi connectivity index (χ2n) is 3.96. The minimum absolute atomic E-state index is 0.865. The number of halogens is 1. The van der Waals surface area contributed by atoms with Crippen molar-refractivity contribution in [1.82, 2.24) is 4.90 Å². The van der Waals surface area contributed by atoms with Crippen LogP contribution in [0.25, 0.3) is 0 Å². The molecule has 0 bridgehead atoms. The van der Waals surface area contributed by atoms with Crippen molar-refractivity contribution in [2.75, 3.05) is 39.6 Å². The zero-order valence-corrected chi connectivity index (χ0v) is 11.7. The summed E-state index contributed by atoms with van der Waals surface area (Å²) in [5, 5.41) is 3.38. The van der Waals surface area contributed by atoms with Gasteiger partial charge in [-0.25, -0.2) is 0 Å². The van der Waals surface area contributed by atoms with Gasteiger partial charge in [0.1, 0.15) is 5.75 Å². The summed E-state index contributed by atoms with van der Waals surface area (Å²) >= 11 is 3.46. The lowest BCUT2D eigenvalue weighted by molar-refractivity contribution is 0.405. The summed E-state index contributed by atoms with van der Waals surface area (Å²) in [6.45, 7) is 2.07. The molecule has 0 unspecified atom stereocenters. The predicted molar refractivity (Wildman–Crippen MR) is 72.4 cm³/mol. The van der Waals surface area contributed by atoms with E-state index in [2.05, 4.69) is 46.3 Å². The number of benzene rings is 1. The normalized spacial score (nSPS) is 10.6. The third-order valence-electron chi connectivity index (χ3n) is 2.22. The average Bonchev–Trinajstić information content (AvgIpc) is 2.23. The predicted octanol–water partition coefficient (Wildman–Crippen LogP) is 2.82. The van der Waals surface area contributed by atoms with Gasteiger partial charge in [0, 0.05) is 22.8 Å². The Hall–Kier alpha value is -0.740. The molecule has 0 radical (unpaired) electrons. The van der Waals surface area contributed by atoms with E-state index in [-0.39, 0.29) is 0 Å². The molecular formula is C12H19BrN2O. The van der Waals surface area contributed by atoms with Crippen molar-refractivity contribution in [3.63, 3.8) is 0 Å². The lowest BCUT2D eigenvalue weighted by atomic mass is 10.3. The van der Waals surface area contributed by atoms with E-state index in [0.29, 0.717) is 0 Å². The fraction of sp³-hybridized carbons (Fsp3) is 0.500. The first-order valence-corrected chi connectivity index (χ1v) is 6.14. The minimum atomic E-state index is 0.865. The van der Waals surface area contributed by atoms with Crippen LogP contribution in [0, 0.1) is 0 Å². The molecule has 0 saturated heterocycles. The first kappa shape index (κ1) is 13.3. The fourth-order valence-corrected chi connectivity index (χ4v) is 1.88. The van der Waals surface area contributed by atoms with Crippen LogP contribution in [0.15, 0.2) is 22.7 Å². The highest BCUT2D eigenvalue weighted by atomic mass is 79.9. The van der Waals surface area contributed by atoms with E-state index >= 15 is 0 Å². The molecule has 1 rings (SSSR count). The van der Waals surface area contributed by atoms with Crippen molar-refractivity contribution in [1.29, 1.82) is 0 Å². The number of rotatable bonds is 6. The number of methoxy groups -OCH3 is 1. The minimum Gasteiger partial charge on any atom is -0.497 e. The number of ether oxygens (including phenoxy) is 1. The highest BCUT2D eigenvalue weighted by Crippen LogP contribution is 2.24. The molecule has 4 heteroatoms. The third kappa shape index (κ3) is 4.86. The average molecular weight is 287 g/mol. The Bertz CT molecular complexity index is 329. The van der Waals surface area contributed by atoms with Gasteiger partial charge in [0.15, 0.2) is 0 Å². The molecule has 16 heavy (non-hydrogen) atoms. The van der Waals surface area contributed by atoms with Crippen molar-refractivity contribution in [3.8, 4) is 5.75 Å². The molecule has 0 spiro atoms. The number of nitrogens with zero attached hydrogens (tertiary/aromatic N) is 1. The van der Waals surface area contributed by atoms with E-state index in [4.69, 9.17) is 4.74 Å². The lowest BCUT2D eigenvalue weighted by Crippen LogP contribution is -2.16. The molecule has 0 fully saturated rings. The molecule has 1 aromatic carbocycles. The van der Waals surface area contributed by atoms with Gasteiger partial charge in [-0.1, -0.05) is 15.9 Å². The van der Waals surface area contributed by atoms with Gasteiger partial charge in [-0.2, -0.15) is 0 Å². The Labute approximate surface area is 106 Å². The Morgan fingerprint density at radius 2 is 2.06 bits per heavy atom. The van der Waals surface area contributed by atoms with Crippen molar-refractivity contribution < 1.29 is 4.74 Å². The summed E-state index contributed by atoms with van der Waals surface area (Å²) in [5.41, 5.74) is 1.09. The molecule has 0 atom stereocenters. The van der Waals surface area contributed by atoms with Crippen molar-refractivity contribution in [2.24, 2.45) is 0 Å². The van der Waals surface area contributed by atoms with Crippen LogP contribution >= 0.6 is 15.9 Å². The zero-order chi connectivity index (χ0) is 12.0. The van der Waals surface area contributed by atoms with Crippen molar-refractivity contribution in [3.05, 3.63) is 22.7 Å². The molecule has 0 saturated carbocycles.